The SMILES string of the molecule is NCc1ccc(OCc2ccc(Cl)cc2Cl)c(Cl)c1. The topological polar surface area (TPSA) is 35.2 Å². The number of ether oxygens (including phenoxy) is 1. The minimum atomic E-state index is 0.331. The third-order valence-electron chi connectivity index (χ3n) is 2.63. The van der Waals surface area contributed by atoms with Gasteiger partial charge in [-0.2, -0.15) is 0 Å². The van der Waals surface area contributed by atoms with E-state index in [1.165, 1.54) is 0 Å². The zero-order valence-electron chi connectivity index (χ0n) is 10.00. The first kappa shape index (κ1) is 14.5. The Bertz CT molecular complexity index is 587. The summed E-state index contributed by atoms with van der Waals surface area (Å²) >= 11 is 18.0. The molecule has 0 heterocycles. The fraction of sp³-hybridized carbons (Fsp3) is 0.143. The molecule has 5 heteroatoms. The molecule has 0 amide bonds. The summed E-state index contributed by atoms with van der Waals surface area (Å²) < 4.78 is 5.64. The molecule has 19 heavy (non-hydrogen) atoms. The van der Waals surface area contributed by atoms with Gasteiger partial charge in [-0.25, -0.2) is 0 Å². The van der Waals surface area contributed by atoms with E-state index in [4.69, 9.17) is 45.3 Å². The second kappa shape index (κ2) is 6.49. The van der Waals surface area contributed by atoms with Crippen LogP contribution in [0.15, 0.2) is 36.4 Å². The Labute approximate surface area is 127 Å². The van der Waals surface area contributed by atoms with Crippen LogP contribution in [0.4, 0.5) is 0 Å². The summed E-state index contributed by atoms with van der Waals surface area (Å²) in [6, 6.07) is 10.7. The zero-order valence-corrected chi connectivity index (χ0v) is 12.3. The van der Waals surface area contributed by atoms with Crippen molar-refractivity contribution in [1.29, 1.82) is 0 Å². The van der Waals surface area contributed by atoms with Crippen molar-refractivity contribution in [2.45, 2.75) is 13.2 Å². The Balaban J connectivity index is 2.10. The number of nitrogens with two attached hydrogens (primary N) is 1. The monoisotopic (exact) mass is 315 g/mol. The first-order chi connectivity index (χ1) is 9.10. The standard InChI is InChI=1S/C14H12Cl3NO/c15-11-3-2-10(12(16)6-11)8-19-14-4-1-9(7-18)5-13(14)17/h1-6H,7-8,18H2. The molecule has 0 atom stereocenters. The van der Waals surface area contributed by atoms with Gasteiger partial charge in [-0.3, -0.25) is 0 Å². The molecule has 2 aromatic rings. The lowest BCUT2D eigenvalue weighted by molar-refractivity contribution is 0.306. The third-order valence-corrected chi connectivity index (χ3v) is 3.51. The van der Waals surface area contributed by atoms with Crippen LogP contribution in [0.2, 0.25) is 15.1 Å². The fourth-order valence-corrected chi connectivity index (χ4v) is 2.30. The highest BCUT2D eigenvalue weighted by Gasteiger charge is 2.06. The Morgan fingerprint density at radius 2 is 1.74 bits per heavy atom. The first-order valence-corrected chi connectivity index (χ1v) is 6.79. The van der Waals surface area contributed by atoms with Crippen LogP contribution in [0.25, 0.3) is 0 Å². The number of hydrogen-bond acceptors (Lipinski definition) is 2. The molecule has 0 saturated carbocycles. The van der Waals surface area contributed by atoms with Crippen LogP contribution in [-0.4, -0.2) is 0 Å². The molecule has 0 radical (unpaired) electrons. The van der Waals surface area contributed by atoms with Crippen molar-refractivity contribution in [3.63, 3.8) is 0 Å². The van der Waals surface area contributed by atoms with Gasteiger partial charge in [0.25, 0.3) is 0 Å². The largest absolute Gasteiger partial charge is 0.487 e. The van der Waals surface area contributed by atoms with Crippen molar-refractivity contribution in [1.82, 2.24) is 0 Å². The molecule has 100 valence electrons. The first-order valence-electron chi connectivity index (χ1n) is 5.65. The zero-order chi connectivity index (χ0) is 13.8. The van der Waals surface area contributed by atoms with Crippen LogP contribution in [0.1, 0.15) is 11.1 Å². The second-order valence-electron chi connectivity index (χ2n) is 3.99. The van der Waals surface area contributed by atoms with Gasteiger partial charge in [0.05, 0.1) is 5.02 Å². The van der Waals surface area contributed by atoms with Gasteiger partial charge >= 0.3 is 0 Å². The van der Waals surface area contributed by atoms with Crippen LogP contribution in [0, 0.1) is 0 Å². The van der Waals surface area contributed by atoms with Crippen LogP contribution in [0.3, 0.4) is 0 Å². The summed E-state index contributed by atoms with van der Waals surface area (Å²) in [6.07, 6.45) is 0. The van der Waals surface area contributed by atoms with Gasteiger partial charge in [0.15, 0.2) is 0 Å². The minimum Gasteiger partial charge on any atom is -0.487 e. The van der Waals surface area contributed by atoms with Crippen molar-refractivity contribution < 1.29 is 4.74 Å². The quantitative estimate of drug-likeness (QED) is 0.888. The van der Waals surface area contributed by atoms with Gasteiger partial charge in [0, 0.05) is 22.2 Å². The Morgan fingerprint density at radius 1 is 0.947 bits per heavy atom. The molecule has 2 aromatic carbocycles. The van der Waals surface area contributed by atoms with Gasteiger partial charge in [-0.05, 0) is 29.8 Å². The molecule has 0 bridgehead atoms. The van der Waals surface area contributed by atoms with Gasteiger partial charge < -0.3 is 10.5 Å². The lowest BCUT2D eigenvalue weighted by Crippen LogP contribution is -1.99. The van der Waals surface area contributed by atoms with Crippen LogP contribution in [-0.2, 0) is 13.2 Å². The molecule has 0 spiro atoms. The molecule has 0 aliphatic rings. The van der Waals surface area contributed by atoms with Crippen molar-refractivity contribution >= 4 is 34.8 Å². The van der Waals surface area contributed by atoms with Gasteiger partial charge in [0.1, 0.15) is 12.4 Å². The summed E-state index contributed by atoms with van der Waals surface area (Å²) in [6.45, 7) is 0.778. The molecule has 2 nitrogen and oxygen atoms in total. The van der Waals surface area contributed by atoms with Gasteiger partial charge in [-0.1, -0.05) is 46.9 Å². The molecule has 0 unspecified atom stereocenters. The highest BCUT2D eigenvalue weighted by molar-refractivity contribution is 6.35. The Hall–Kier alpha value is -0.930. The molecule has 2 N–H and O–H groups in total. The summed E-state index contributed by atoms with van der Waals surface area (Å²) in [5.74, 6) is 0.602. The predicted molar refractivity (Wildman–Crippen MR) is 80.1 cm³/mol. The summed E-state index contributed by atoms with van der Waals surface area (Å²) in [5.41, 5.74) is 7.35. The summed E-state index contributed by atoms with van der Waals surface area (Å²) in [5, 5.41) is 1.70. The van der Waals surface area contributed by atoms with Crippen molar-refractivity contribution in [3.05, 3.63) is 62.6 Å². The van der Waals surface area contributed by atoms with Crippen LogP contribution >= 0.6 is 34.8 Å². The highest BCUT2D eigenvalue weighted by Crippen LogP contribution is 2.28. The summed E-state index contributed by atoms with van der Waals surface area (Å²) in [7, 11) is 0. The normalized spacial score (nSPS) is 10.5. The number of hydrogen-bond donors (Lipinski definition) is 1. The van der Waals surface area contributed by atoms with Gasteiger partial charge in [0.2, 0.25) is 0 Å². The van der Waals surface area contributed by atoms with Crippen molar-refractivity contribution in [3.8, 4) is 5.75 Å². The maximum atomic E-state index is 6.10. The molecular weight excluding hydrogens is 305 g/mol. The van der Waals surface area contributed by atoms with E-state index in [0.717, 1.165) is 11.1 Å². The second-order valence-corrected chi connectivity index (χ2v) is 5.24. The number of halogens is 3. The fourth-order valence-electron chi connectivity index (χ4n) is 1.58. The van der Waals surface area contributed by atoms with E-state index in [1.54, 1.807) is 24.3 Å². The minimum absolute atomic E-state index is 0.331. The molecule has 2 rings (SSSR count). The maximum Gasteiger partial charge on any atom is 0.138 e. The average molecular weight is 317 g/mol. The Kier molecular flexibility index (Phi) is 4.94. The molecule has 0 aliphatic heterocycles. The maximum absolute atomic E-state index is 6.10. The molecule has 0 saturated heterocycles. The van der Waals surface area contributed by atoms with Crippen LogP contribution < -0.4 is 10.5 Å². The average Bonchev–Trinajstić information content (AvgIpc) is 2.39. The summed E-state index contributed by atoms with van der Waals surface area (Å²) in [4.78, 5) is 0. The molecule has 0 fully saturated rings. The van der Waals surface area contributed by atoms with E-state index in [2.05, 4.69) is 0 Å². The number of rotatable bonds is 4. The lowest BCUT2D eigenvalue weighted by Gasteiger charge is -2.10. The van der Waals surface area contributed by atoms with E-state index in [-0.39, 0.29) is 0 Å². The Morgan fingerprint density at radius 3 is 2.37 bits per heavy atom. The van der Waals surface area contributed by atoms with E-state index in [0.29, 0.717) is 34.0 Å². The van der Waals surface area contributed by atoms with Crippen LogP contribution in [0.5, 0.6) is 5.75 Å². The molecular formula is C14H12Cl3NO. The third kappa shape index (κ3) is 3.77. The molecule has 0 aliphatic carbocycles. The van der Waals surface area contributed by atoms with E-state index >= 15 is 0 Å². The van der Waals surface area contributed by atoms with E-state index in [1.807, 2.05) is 12.1 Å². The highest BCUT2D eigenvalue weighted by atomic mass is 35.5. The van der Waals surface area contributed by atoms with Gasteiger partial charge in [-0.15, -0.1) is 0 Å². The van der Waals surface area contributed by atoms with Crippen molar-refractivity contribution in [2.75, 3.05) is 0 Å². The molecule has 0 aromatic heterocycles. The smallest absolute Gasteiger partial charge is 0.138 e. The van der Waals surface area contributed by atoms with Crippen molar-refractivity contribution in [2.24, 2.45) is 5.73 Å². The van der Waals surface area contributed by atoms with E-state index < -0.39 is 0 Å². The predicted octanol–water partition coefficient (Wildman–Crippen LogP) is 4.68. The van der Waals surface area contributed by atoms with E-state index in [9.17, 15) is 0 Å². The lowest BCUT2D eigenvalue weighted by atomic mass is 10.2. The number of benzene rings is 2.